The Labute approximate surface area is 139 Å². The SMILES string of the molecule is Cc1cc(N)ncc1-c1ccc(C)c(S(N)(=O)=O)c1C1=NCN=N1. The van der Waals surface area contributed by atoms with E-state index in [2.05, 4.69) is 20.2 Å². The summed E-state index contributed by atoms with van der Waals surface area (Å²) in [6, 6.07) is 5.21. The Bertz CT molecular complexity index is 995. The summed E-state index contributed by atoms with van der Waals surface area (Å²) in [5.41, 5.74) is 8.76. The maximum absolute atomic E-state index is 12.2. The van der Waals surface area contributed by atoms with E-state index in [0.29, 0.717) is 22.5 Å². The van der Waals surface area contributed by atoms with E-state index in [1.165, 1.54) is 0 Å². The zero-order valence-electron chi connectivity index (χ0n) is 13.2. The molecule has 0 amide bonds. The van der Waals surface area contributed by atoms with Crippen molar-refractivity contribution in [1.29, 1.82) is 0 Å². The molecule has 1 aliphatic rings. The molecule has 0 saturated carbocycles. The Morgan fingerprint density at radius 1 is 1.12 bits per heavy atom. The van der Waals surface area contributed by atoms with Crippen molar-refractivity contribution >= 4 is 21.7 Å². The zero-order chi connectivity index (χ0) is 17.5. The molecule has 2 heterocycles. The number of pyridine rings is 1. The lowest BCUT2D eigenvalue weighted by Crippen LogP contribution is -2.19. The van der Waals surface area contributed by atoms with Crippen LogP contribution in [0, 0.1) is 13.8 Å². The summed E-state index contributed by atoms with van der Waals surface area (Å²) in [5.74, 6) is 0.628. The Morgan fingerprint density at radius 2 is 1.88 bits per heavy atom. The topological polar surface area (TPSA) is 136 Å². The van der Waals surface area contributed by atoms with Crippen molar-refractivity contribution in [3.8, 4) is 11.1 Å². The number of nitrogen functional groups attached to an aromatic ring is 1. The molecule has 0 spiro atoms. The van der Waals surface area contributed by atoms with Gasteiger partial charge < -0.3 is 5.73 Å². The number of anilines is 1. The predicted octanol–water partition coefficient (Wildman–Crippen LogP) is 1.76. The molecule has 0 bridgehead atoms. The first-order valence-electron chi connectivity index (χ1n) is 7.10. The average Bonchev–Trinajstić information content (AvgIpc) is 3.00. The minimum atomic E-state index is -3.98. The molecular weight excluding hydrogens is 328 g/mol. The minimum absolute atomic E-state index is 0.00387. The molecule has 0 unspecified atom stereocenters. The monoisotopic (exact) mass is 344 g/mol. The zero-order valence-corrected chi connectivity index (χ0v) is 14.0. The fraction of sp³-hybridized carbons (Fsp3) is 0.200. The van der Waals surface area contributed by atoms with Crippen molar-refractivity contribution < 1.29 is 8.42 Å². The van der Waals surface area contributed by atoms with Crippen LogP contribution < -0.4 is 10.9 Å². The normalized spacial score (nSPS) is 14.0. The first-order valence-corrected chi connectivity index (χ1v) is 8.65. The summed E-state index contributed by atoms with van der Waals surface area (Å²) >= 11 is 0. The van der Waals surface area contributed by atoms with Crippen molar-refractivity contribution in [2.45, 2.75) is 18.7 Å². The number of nitrogens with two attached hydrogens (primary N) is 2. The summed E-state index contributed by atoms with van der Waals surface area (Å²) in [5, 5.41) is 13.2. The molecule has 0 radical (unpaired) electrons. The molecule has 1 aliphatic heterocycles. The molecule has 9 heteroatoms. The van der Waals surface area contributed by atoms with Gasteiger partial charge in [0, 0.05) is 17.3 Å². The van der Waals surface area contributed by atoms with Gasteiger partial charge in [-0.15, -0.1) is 5.11 Å². The summed E-state index contributed by atoms with van der Waals surface area (Å²) in [6.07, 6.45) is 1.60. The lowest BCUT2D eigenvalue weighted by Gasteiger charge is -2.16. The second-order valence-electron chi connectivity index (χ2n) is 5.47. The van der Waals surface area contributed by atoms with Crippen LogP contribution in [0.4, 0.5) is 5.82 Å². The van der Waals surface area contributed by atoms with E-state index in [1.54, 1.807) is 31.3 Å². The Balaban J connectivity index is 2.41. The molecule has 24 heavy (non-hydrogen) atoms. The number of hydrogen-bond acceptors (Lipinski definition) is 7. The van der Waals surface area contributed by atoms with E-state index >= 15 is 0 Å². The predicted molar refractivity (Wildman–Crippen MR) is 91.2 cm³/mol. The van der Waals surface area contributed by atoms with Crippen LogP contribution in [-0.4, -0.2) is 25.9 Å². The third-order valence-corrected chi connectivity index (χ3v) is 4.83. The number of rotatable bonds is 3. The number of amidine groups is 1. The lowest BCUT2D eigenvalue weighted by atomic mass is 9.95. The highest BCUT2D eigenvalue weighted by Crippen LogP contribution is 2.34. The van der Waals surface area contributed by atoms with Crippen molar-refractivity contribution in [2.24, 2.45) is 20.4 Å². The summed E-state index contributed by atoms with van der Waals surface area (Å²) in [4.78, 5) is 8.27. The summed E-state index contributed by atoms with van der Waals surface area (Å²) in [6.45, 7) is 3.70. The summed E-state index contributed by atoms with van der Waals surface area (Å²) < 4.78 is 24.3. The van der Waals surface area contributed by atoms with Crippen LogP contribution in [0.3, 0.4) is 0 Å². The average molecular weight is 344 g/mol. The third-order valence-electron chi connectivity index (χ3n) is 3.73. The molecule has 124 valence electrons. The molecule has 0 saturated heterocycles. The van der Waals surface area contributed by atoms with E-state index in [-0.39, 0.29) is 17.4 Å². The molecule has 2 aromatic rings. The van der Waals surface area contributed by atoms with Crippen LogP contribution in [0.2, 0.25) is 0 Å². The lowest BCUT2D eigenvalue weighted by molar-refractivity contribution is 0.597. The molecule has 1 aromatic carbocycles. The van der Waals surface area contributed by atoms with Gasteiger partial charge in [-0.25, -0.2) is 23.5 Å². The fourth-order valence-electron chi connectivity index (χ4n) is 2.72. The van der Waals surface area contributed by atoms with Crippen molar-refractivity contribution in [3.05, 3.63) is 41.1 Å². The smallest absolute Gasteiger partial charge is 0.239 e. The maximum Gasteiger partial charge on any atom is 0.239 e. The number of aryl methyl sites for hydroxylation is 2. The first kappa shape index (κ1) is 16.2. The van der Waals surface area contributed by atoms with Gasteiger partial charge in [-0.2, -0.15) is 5.11 Å². The highest BCUT2D eigenvalue weighted by atomic mass is 32.2. The van der Waals surface area contributed by atoms with Gasteiger partial charge in [0.25, 0.3) is 0 Å². The first-order chi connectivity index (χ1) is 11.3. The number of sulfonamides is 1. The number of azo groups is 1. The van der Waals surface area contributed by atoms with Crippen molar-refractivity contribution in [1.82, 2.24) is 4.98 Å². The highest BCUT2D eigenvalue weighted by molar-refractivity contribution is 7.89. The number of benzene rings is 1. The Morgan fingerprint density at radius 3 is 2.46 bits per heavy atom. The largest absolute Gasteiger partial charge is 0.384 e. The Hall–Kier alpha value is -2.65. The highest BCUT2D eigenvalue weighted by Gasteiger charge is 2.26. The van der Waals surface area contributed by atoms with Crippen LogP contribution in [-0.2, 0) is 10.0 Å². The molecule has 0 aliphatic carbocycles. The molecule has 0 fully saturated rings. The van der Waals surface area contributed by atoms with Gasteiger partial charge in [-0.05, 0) is 36.6 Å². The van der Waals surface area contributed by atoms with E-state index in [4.69, 9.17) is 10.9 Å². The molecule has 1 aromatic heterocycles. The molecule has 4 N–H and O–H groups in total. The van der Waals surface area contributed by atoms with Crippen LogP contribution in [0.15, 0.2) is 44.5 Å². The number of aliphatic imine (C=N–C) groups is 1. The van der Waals surface area contributed by atoms with Gasteiger partial charge >= 0.3 is 0 Å². The van der Waals surface area contributed by atoms with Crippen LogP contribution in [0.5, 0.6) is 0 Å². The van der Waals surface area contributed by atoms with Gasteiger partial charge in [-0.3, -0.25) is 0 Å². The second kappa shape index (κ2) is 5.77. The molecule has 0 atom stereocenters. The number of nitrogens with zero attached hydrogens (tertiary/aromatic N) is 4. The van der Waals surface area contributed by atoms with E-state index < -0.39 is 10.0 Å². The number of hydrogen-bond donors (Lipinski definition) is 2. The van der Waals surface area contributed by atoms with Crippen molar-refractivity contribution in [3.63, 3.8) is 0 Å². The quantitative estimate of drug-likeness (QED) is 0.876. The van der Waals surface area contributed by atoms with Gasteiger partial charge in [0.15, 0.2) is 12.5 Å². The maximum atomic E-state index is 12.2. The van der Waals surface area contributed by atoms with Gasteiger partial charge in [0.1, 0.15) is 5.82 Å². The molecule has 8 nitrogen and oxygen atoms in total. The Kier molecular flexibility index (Phi) is 3.90. The number of aromatic nitrogens is 1. The molecule has 3 rings (SSSR count). The van der Waals surface area contributed by atoms with E-state index in [9.17, 15) is 8.42 Å². The fourth-order valence-corrected chi connectivity index (χ4v) is 3.72. The standard InChI is InChI=1S/C15H16N6O2S/c1-8-3-4-10(11-6-18-12(16)5-9(11)2)13(14(8)24(17,22)23)15-19-7-20-21-15/h3-6H,7H2,1-2H3,(H2,16,18)(H2,17,22,23). The number of primary sulfonamides is 1. The van der Waals surface area contributed by atoms with Crippen LogP contribution in [0.25, 0.3) is 11.1 Å². The van der Waals surface area contributed by atoms with Gasteiger partial charge in [0.2, 0.25) is 10.0 Å². The van der Waals surface area contributed by atoms with E-state index in [0.717, 1.165) is 11.1 Å². The van der Waals surface area contributed by atoms with Crippen LogP contribution in [0.1, 0.15) is 16.7 Å². The van der Waals surface area contributed by atoms with Gasteiger partial charge in [-0.1, -0.05) is 12.1 Å². The van der Waals surface area contributed by atoms with Gasteiger partial charge in [0.05, 0.1) is 4.90 Å². The van der Waals surface area contributed by atoms with Crippen LogP contribution >= 0.6 is 0 Å². The van der Waals surface area contributed by atoms with Crippen molar-refractivity contribution in [2.75, 3.05) is 12.4 Å². The summed E-state index contributed by atoms with van der Waals surface area (Å²) in [7, 11) is -3.98. The second-order valence-corrected chi connectivity index (χ2v) is 6.97. The minimum Gasteiger partial charge on any atom is -0.384 e. The van der Waals surface area contributed by atoms with E-state index in [1.807, 2.05) is 6.92 Å². The third kappa shape index (κ3) is 2.79. The molecular formula is C15H16N6O2S.